The van der Waals surface area contributed by atoms with Gasteiger partial charge in [0.05, 0.1) is 29.0 Å². The van der Waals surface area contributed by atoms with Crippen LogP contribution in [0.25, 0.3) is 6.08 Å². The Morgan fingerprint density at radius 1 is 1.08 bits per heavy atom. The van der Waals surface area contributed by atoms with Gasteiger partial charge >= 0.3 is 0 Å². The molecular weight excluding hydrogens is 464 g/mol. The van der Waals surface area contributed by atoms with Crippen LogP contribution >= 0.6 is 0 Å². The summed E-state index contributed by atoms with van der Waals surface area (Å²) in [5, 5.41) is 19.2. The quantitative estimate of drug-likeness (QED) is 0.285. The SMILES string of the molecule is COc1cc(/C=C2/C(=O)N(c3ccccc3)N=C2C)ccc1OCC(=O)Nc1cccc([N+](=O)[O-])c1. The fourth-order valence-corrected chi connectivity index (χ4v) is 3.53. The summed E-state index contributed by atoms with van der Waals surface area (Å²) in [4.78, 5) is 35.6. The fraction of sp³-hybridized carbons (Fsp3) is 0.115. The van der Waals surface area contributed by atoms with E-state index >= 15 is 0 Å². The number of benzene rings is 3. The lowest BCUT2D eigenvalue weighted by Crippen LogP contribution is -2.21. The summed E-state index contributed by atoms with van der Waals surface area (Å²) in [6.07, 6.45) is 1.71. The van der Waals surface area contributed by atoms with Crippen LogP contribution in [-0.2, 0) is 9.59 Å². The van der Waals surface area contributed by atoms with E-state index in [0.717, 1.165) is 0 Å². The van der Waals surface area contributed by atoms with Gasteiger partial charge in [0, 0.05) is 17.8 Å². The number of nitrogens with one attached hydrogen (secondary N) is 1. The number of carbonyl (C=O) groups is 2. The lowest BCUT2D eigenvalue weighted by molar-refractivity contribution is -0.384. The number of non-ortho nitro benzene ring substituents is 1. The molecule has 0 atom stereocenters. The molecule has 0 radical (unpaired) electrons. The highest BCUT2D eigenvalue weighted by atomic mass is 16.6. The molecule has 0 unspecified atom stereocenters. The number of anilines is 2. The van der Waals surface area contributed by atoms with Crippen molar-refractivity contribution in [2.24, 2.45) is 5.10 Å². The molecule has 0 aromatic heterocycles. The molecule has 10 nitrogen and oxygen atoms in total. The number of nitro groups is 1. The molecule has 10 heteroatoms. The number of nitro benzene ring substituents is 1. The number of rotatable bonds is 8. The minimum absolute atomic E-state index is 0.131. The smallest absolute Gasteiger partial charge is 0.280 e. The topological polar surface area (TPSA) is 123 Å². The molecule has 3 aromatic carbocycles. The normalized spacial score (nSPS) is 13.9. The maximum absolute atomic E-state index is 12.9. The second-order valence-corrected chi connectivity index (χ2v) is 7.75. The molecule has 182 valence electrons. The van der Waals surface area contributed by atoms with E-state index in [2.05, 4.69) is 10.4 Å². The van der Waals surface area contributed by atoms with Crippen LogP contribution in [0.5, 0.6) is 11.5 Å². The van der Waals surface area contributed by atoms with Crippen molar-refractivity contribution in [3.63, 3.8) is 0 Å². The van der Waals surface area contributed by atoms with Crippen LogP contribution < -0.4 is 19.8 Å². The van der Waals surface area contributed by atoms with E-state index in [1.165, 1.54) is 30.3 Å². The van der Waals surface area contributed by atoms with Gasteiger partial charge in [0.25, 0.3) is 17.5 Å². The number of methoxy groups -OCH3 is 1. The number of nitrogens with zero attached hydrogens (tertiary/aromatic N) is 3. The molecule has 1 N–H and O–H groups in total. The molecular formula is C26H22N4O6. The first kappa shape index (κ1) is 24.1. The van der Waals surface area contributed by atoms with Crippen molar-refractivity contribution in [3.05, 3.63) is 94.0 Å². The number of hydrogen-bond acceptors (Lipinski definition) is 7. The van der Waals surface area contributed by atoms with Crippen molar-refractivity contribution in [1.82, 2.24) is 0 Å². The Morgan fingerprint density at radius 3 is 2.58 bits per heavy atom. The van der Waals surface area contributed by atoms with Gasteiger partial charge < -0.3 is 14.8 Å². The van der Waals surface area contributed by atoms with Gasteiger partial charge in [-0.05, 0) is 48.9 Å². The van der Waals surface area contributed by atoms with E-state index in [4.69, 9.17) is 9.47 Å². The summed E-state index contributed by atoms with van der Waals surface area (Å²) in [7, 11) is 1.47. The number of ether oxygens (including phenoxy) is 2. The van der Waals surface area contributed by atoms with Crippen molar-refractivity contribution >= 4 is 40.7 Å². The first-order chi connectivity index (χ1) is 17.4. The van der Waals surface area contributed by atoms with Crippen LogP contribution in [0.4, 0.5) is 17.1 Å². The molecule has 1 aliphatic rings. The highest BCUT2D eigenvalue weighted by Crippen LogP contribution is 2.30. The minimum Gasteiger partial charge on any atom is -0.493 e. The van der Waals surface area contributed by atoms with Crippen LogP contribution in [0.15, 0.2) is 83.5 Å². The summed E-state index contributed by atoms with van der Waals surface area (Å²) < 4.78 is 11.0. The van der Waals surface area contributed by atoms with E-state index in [9.17, 15) is 19.7 Å². The van der Waals surface area contributed by atoms with E-state index in [0.29, 0.717) is 34.0 Å². The zero-order chi connectivity index (χ0) is 25.7. The van der Waals surface area contributed by atoms with Gasteiger partial charge in [-0.15, -0.1) is 0 Å². The Bertz CT molecular complexity index is 1380. The predicted octanol–water partition coefficient (Wildman–Crippen LogP) is 4.43. The summed E-state index contributed by atoms with van der Waals surface area (Å²) in [5.74, 6) is -0.0423. The number of hydrazone groups is 1. The Hall–Kier alpha value is -4.99. The molecule has 0 aliphatic carbocycles. The zero-order valence-corrected chi connectivity index (χ0v) is 19.5. The summed E-state index contributed by atoms with van der Waals surface area (Å²) >= 11 is 0. The first-order valence-electron chi connectivity index (χ1n) is 10.9. The van der Waals surface area contributed by atoms with Crippen LogP contribution in [-0.4, -0.2) is 36.2 Å². The van der Waals surface area contributed by atoms with E-state index in [1.54, 1.807) is 37.3 Å². The van der Waals surface area contributed by atoms with Crippen molar-refractivity contribution in [1.29, 1.82) is 0 Å². The van der Waals surface area contributed by atoms with Crippen LogP contribution in [0.3, 0.4) is 0 Å². The Labute approximate surface area is 206 Å². The van der Waals surface area contributed by atoms with Crippen molar-refractivity contribution in [3.8, 4) is 11.5 Å². The van der Waals surface area contributed by atoms with Crippen LogP contribution in [0, 0.1) is 10.1 Å². The van der Waals surface area contributed by atoms with Gasteiger partial charge in [0.2, 0.25) is 0 Å². The third-order valence-electron chi connectivity index (χ3n) is 5.26. The second kappa shape index (κ2) is 10.5. The number of amides is 2. The molecule has 0 saturated carbocycles. The first-order valence-corrected chi connectivity index (χ1v) is 10.9. The third-order valence-corrected chi connectivity index (χ3v) is 5.26. The van der Waals surface area contributed by atoms with Crippen LogP contribution in [0.1, 0.15) is 12.5 Å². The minimum atomic E-state index is -0.542. The molecule has 1 heterocycles. The maximum atomic E-state index is 12.9. The van der Waals surface area contributed by atoms with Gasteiger partial charge in [0.15, 0.2) is 18.1 Å². The number of carbonyl (C=O) groups excluding carboxylic acids is 2. The standard InChI is InChI=1S/C26H22N4O6/c1-17-22(26(32)29(28-17)20-8-4-3-5-9-20)13-18-11-12-23(24(14-18)35-2)36-16-25(31)27-19-7-6-10-21(15-19)30(33)34/h3-15H,16H2,1-2H3,(H,27,31)/b22-13+. The van der Waals surface area contributed by atoms with Crippen molar-refractivity contribution in [2.75, 3.05) is 24.0 Å². The van der Waals surface area contributed by atoms with Gasteiger partial charge in [-0.25, -0.2) is 0 Å². The lowest BCUT2D eigenvalue weighted by Gasteiger charge is -2.12. The average Bonchev–Trinajstić information content (AvgIpc) is 3.16. The van der Waals surface area contributed by atoms with Crippen molar-refractivity contribution in [2.45, 2.75) is 6.92 Å². The monoisotopic (exact) mass is 486 g/mol. The molecule has 1 aliphatic heterocycles. The van der Waals surface area contributed by atoms with E-state index in [1.807, 2.05) is 30.3 Å². The Kier molecular flexibility index (Phi) is 7.05. The predicted molar refractivity (Wildman–Crippen MR) is 135 cm³/mol. The lowest BCUT2D eigenvalue weighted by atomic mass is 10.1. The summed E-state index contributed by atoms with van der Waals surface area (Å²) in [5.41, 5.74) is 2.55. The Morgan fingerprint density at radius 2 is 1.86 bits per heavy atom. The molecule has 0 spiro atoms. The summed E-state index contributed by atoms with van der Waals surface area (Å²) in [6.45, 7) is 1.43. The molecule has 2 amide bonds. The molecule has 36 heavy (non-hydrogen) atoms. The molecule has 0 bridgehead atoms. The van der Waals surface area contributed by atoms with Gasteiger partial charge in [-0.2, -0.15) is 10.1 Å². The highest BCUT2D eigenvalue weighted by Gasteiger charge is 2.28. The van der Waals surface area contributed by atoms with Crippen LogP contribution in [0.2, 0.25) is 0 Å². The second-order valence-electron chi connectivity index (χ2n) is 7.75. The largest absolute Gasteiger partial charge is 0.493 e. The molecule has 3 aromatic rings. The van der Waals surface area contributed by atoms with Gasteiger partial charge in [-0.3, -0.25) is 19.7 Å². The van der Waals surface area contributed by atoms with Gasteiger partial charge in [0.1, 0.15) is 0 Å². The Balaban J connectivity index is 1.44. The number of para-hydroxylation sites is 1. The molecule has 0 saturated heterocycles. The fourth-order valence-electron chi connectivity index (χ4n) is 3.53. The van der Waals surface area contributed by atoms with E-state index in [-0.39, 0.29) is 23.9 Å². The van der Waals surface area contributed by atoms with Gasteiger partial charge in [-0.1, -0.05) is 30.3 Å². The summed E-state index contributed by atoms with van der Waals surface area (Å²) in [6, 6.07) is 19.8. The zero-order valence-electron chi connectivity index (χ0n) is 19.5. The molecule has 0 fully saturated rings. The third kappa shape index (κ3) is 5.39. The highest BCUT2D eigenvalue weighted by molar-refractivity contribution is 6.32. The molecule has 4 rings (SSSR count). The van der Waals surface area contributed by atoms with E-state index < -0.39 is 10.8 Å². The van der Waals surface area contributed by atoms with Crippen molar-refractivity contribution < 1.29 is 24.0 Å². The number of hydrogen-bond donors (Lipinski definition) is 1. The maximum Gasteiger partial charge on any atom is 0.280 e. The average molecular weight is 486 g/mol.